The Morgan fingerprint density at radius 2 is 1.64 bits per heavy atom. The number of hydrogen-bond donors (Lipinski definition) is 1. The Morgan fingerprint density at radius 3 is 2.20 bits per heavy atom. The maximum absolute atomic E-state index is 12.5. The van der Waals surface area contributed by atoms with Crippen LogP contribution < -0.4 is 10.1 Å². The summed E-state index contributed by atoms with van der Waals surface area (Å²) < 4.78 is 5.10. The van der Waals surface area contributed by atoms with Crippen LogP contribution in [0.25, 0.3) is 0 Å². The van der Waals surface area contributed by atoms with Crippen LogP contribution in [0, 0.1) is 0 Å². The van der Waals surface area contributed by atoms with Crippen LogP contribution in [0.3, 0.4) is 0 Å². The highest BCUT2D eigenvalue weighted by atomic mass is 16.5. The molecule has 0 fully saturated rings. The second kappa shape index (κ2) is 8.87. The van der Waals surface area contributed by atoms with Crippen LogP contribution in [0.2, 0.25) is 0 Å². The molecule has 0 radical (unpaired) electrons. The number of amides is 2. The Labute approximate surface area is 148 Å². The van der Waals surface area contributed by atoms with Crippen molar-refractivity contribution in [2.45, 2.75) is 33.0 Å². The summed E-state index contributed by atoms with van der Waals surface area (Å²) in [5.41, 5.74) is 1.90. The van der Waals surface area contributed by atoms with Crippen LogP contribution in [0.15, 0.2) is 54.6 Å². The molecule has 0 aliphatic rings. The van der Waals surface area contributed by atoms with Crippen LogP contribution in [0.1, 0.15) is 25.0 Å². The second-order valence-corrected chi connectivity index (χ2v) is 6.04. The molecule has 0 spiro atoms. The van der Waals surface area contributed by atoms with Crippen molar-refractivity contribution in [1.82, 2.24) is 10.2 Å². The molecule has 0 heterocycles. The Balaban J connectivity index is 1.96. The molecule has 5 nitrogen and oxygen atoms in total. The molecule has 0 saturated heterocycles. The van der Waals surface area contributed by atoms with Gasteiger partial charge in [-0.05, 0) is 37.1 Å². The number of nitrogens with one attached hydrogen (secondary N) is 1. The minimum Gasteiger partial charge on any atom is -0.497 e. The van der Waals surface area contributed by atoms with Crippen LogP contribution in [0.4, 0.5) is 0 Å². The van der Waals surface area contributed by atoms with E-state index in [4.69, 9.17) is 4.74 Å². The molecule has 2 amide bonds. The van der Waals surface area contributed by atoms with E-state index in [9.17, 15) is 9.59 Å². The third-order valence-electron chi connectivity index (χ3n) is 3.89. The van der Waals surface area contributed by atoms with E-state index in [0.29, 0.717) is 13.1 Å². The topological polar surface area (TPSA) is 58.6 Å². The zero-order valence-electron chi connectivity index (χ0n) is 14.9. The number of carbonyl (C=O) groups excluding carboxylic acids is 2. The highest BCUT2D eigenvalue weighted by Crippen LogP contribution is 2.11. The fourth-order valence-electron chi connectivity index (χ4n) is 2.40. The van der Waals surface area contributed by atoms with Gasteiger partial charge in [0.15, 0.2) is 0 Å². The van der Waals surface area contributed by atoms with Crippen molar-refractivity contribution in [2.24, 2.45) is 0 Å². The summed E-state index contributed by atoms with van der Waals surface area (Å²) in [4.78, 5) is 26.3. The Kier molecular flexibility index (Phi) is 6.57. The molecule has 2 aromatic rings. The van der Waals surface area contributed by atoms with Crippen molar-refractivity contribution in [3.8, 4) is 5.75 Å². The number of benzene rings is 2. The van der Waals surface area contributed by atoms with Crippen molar-refractivity contribution in [3.63, 3.8) is 0 Å². The molecule has 25 heavy (non-hydrogen) atoms. The summed E-state index contributed by atoms with van der Waals surface area (Å²) in [6.07, 6.45) is 0. The lowest BCUT2D eigenvalue weighted by Gasteiger charge is -2.26. The van der Waals surface area contributed by atoms with Gasteiger partial charge in [0.2, 0.25) is 0 Å². The summed E-state index contributed by atoms with van der Waals surface area (Å²) in [7, 11) is 1.60. The number of nitrogens with zero attached hydrogens (tertiary/aromatic N) is 1. The van der Waals surface area contributed by atoms with E-state index < -0.39 is 11.8 Å². The Morgan fingerprint density at radius 1 is 1.00 bits per heavy atom. The van der Waals surface area contributed by atoms with Gasteiger partial charge in [0, 0.05) is 19.1 Å². The van der Waals surface area contributed by atoms with E-state index >= 15 is 0 Å². The van der Waals surface area contributed by atoms with Gasteiger partial charge in [-0.1, -0.05) is 42.5 Å². The third kappa shape index (κ3) is 5.35. The van der Waals surface area contributed by atoms with Crippen LogP contribution in [0.5, 0.6) is 5.75 Å². The molecular weight excluding hydrogens is 316 g/mol. The molecule has 0 bridgehead atoms. The molecule has 5 heteroatoms. The van der Waals surface area contributed by atoms with Gasteiger partial charge in [-0.15, -0.1) is 0 Å². The van der Waals surface area contributed by atoms with E-state index in [-0.39, 0.29) is 6.04 Å². The zero-order chi connectivity index (χ0) is 18.2. The molecule has 0 saturated carbocycles. The first-order valence-corrected chi connectivity index (χ1v) is 8.27. The zero-order valence-corrected chi connectivity index (χ0v) is 14.9. The second-order valence-electron chi connectivity index (χ2n) is 6.04. The van der Waals surface area contributed by atoms with Crippen molar-refractivity contribution < 1.29 is 14.3 Å². The lowest BCUT2D eigenvalue weighted by atomic mass is 10.2. The number of carbonyl (C=O) groups is 2. The van der Waals surface area contributed by atoms with E-state index in [2.05, 4.69) is 5.32 Å². The van der Waals surface area contributed by atoms with Crippen molar-refractivity contribution in [1.29, 1.82) is 0 Å². The molecule has 0 aliphatic carbocycles. The lowest BCUT2D eigenvalue weighted by Crippen LogP contribution is -2.45. The molecule has 0 aromatic heterocycles. The molecule has 0 unspecified atom stereocenters. The minimum atomic E-state index is -0.597. The molecule has 0 aliphatic heterocycles. The average molecular weight is 340 g/mol. The summed E-state index contributed by atoms with van der Waals surface area (Å²) in [6.45, 7) is 4.51. The lowest BCUT2D eigenvalue weighted by molar-refractivity contribution is -0.147. The van der Waals surface area contributed by atoms with Gasteiger partial charge in [0.25, 0.3) is 0 Å². The maximum atomic E-state index is 12.5. The molecule has 2 aromatic carbocycles. The fraction of sp³-hybridized carbons (Fsp3) is 0.300. The van der Waals surface area contributed by atoms with Gasteiger partial charge >= 0.3 is 11.8 Å². The largest absolute Gasteiger partial charge is 0.497 e. The number of ether oxygens (including phenoxy) is 1. The maximum Gasteiger partial charge on any atom is 0.312 e. The smallest absolute Gasteiger partial charge is 0.312 e. The fourth-order valence-corrected chi connectivity index (χ4v) is 2.40. The normalized spacial score (nSPS) is 10.4. The van der Waals surface area contributed by atoms with Crippen molar-refractivity contribution >= 4 is 11.8 Å². The monoisotopic (exact) mass is 340 g/mol. The highest BCUT2D eigenvalue weighted by molar-refractivity contribution is 6.35. The van der Waals surface area contributed by atoms with Gasteiger partial charge in [-0.2, -0.15) is 0 Å². The molecule has 0 atom stereocenters. The number of methoxy groups -OCH3 is 1. The van der Waals surface area contributed by atoms with E-state index in [1.165, 1.54) is 0 Å². The Hall–Kier alpha value is -2.82. The van der Waals surface area contributed by atoms with Crippen LogP contribution in [-0.2, 0) is 22.7 Å². The average Bonchev–Trinajstić information content (AvgIpc) is 2.64. The first kappa shape index (κ1) is 18.5. The van der Waals surface area contributed by atoms with E-state index in [1.807, 2.05) is 68.4 Å². The molecule has 132 valence electrons. The summed E-state index contributed by atoms with van der Waals surface area (Å²) in [5, 5.41) is 2.69. The van der Waals surface area contributed by atoms with Crippen molar-refractivity contribution in [2.75, 3.05) is 7.11 Å². The summed E-state index contributed by atoms with van der Waals surface area (Å²) >= 11 is 0. The predicted molar refractivity (Wildman–Crippen MR) is 97.0 cm³/mol. The summed E-state index contributed by atoms with van der Waals surface area (Å²) in [6, 6.07) is 16.9. The first-order valence-electron chi connectivity index (χ1n) is 8.27. The SMILES string of the molecule is COc1ccc(CNC(=O)C(=O)N(Cc2ccccc2)C(C)C)cc1. The van der Waals surface area contributed by atoms with Gasteiger partial charge in [0.1, 0.15) is 5.75 Å². The summed E-state index contributed by atoms with van der Waals surface area (Å²) in [5.74, 6) is -0.368. The van der Waals surface area contributed by atoms with Crippen molar-refractivity contribution in [3.05, 3.63) is 65.7 Å². The third-order valence-corrected chi connectivity index (χ3v) is 3.89. The predicted octanol–water partition coefficient (Wildman–Crippen LogP) is 2.75. The van der Waals surface area contributed by atoms with Gasteiger partial charge < -0.3 is 15.0 Å². The highest BCUT2D eigenvalue weighted by Gasteiger charge is 2.24. The van der Waals surface area contributed by atoms with Gasteiger partial charge in [-0.25, -0.2) is 0 Å². The van der Waals surface area contributed by atoms with Crippen LogP contribution in [-0.4, -0.2) is 29.9 Å². The van der Waals surface area contributed by atoms with Crippen LogP contribution >= 0.6 is 0 Å². The first-order chi connectivity index (χ1) is 12.0. The van der Waals surface area contributed by atoms with Gasteiger partial charge in [0.05, 0.1) is 7.11 Å². The number of rotatable bonds is 6. The quantitative estimate of drug-likeness (QED) is 0.823. The molecule has 2 rings (SSSR count). The molecule has 1 N–H and O–H groups in total. The Bertz CT molecular complexity index is 697. The molecular formula is C20H24N2O3. The van der Waals surface area contributed by atoms with E-state index in [0.717, 1.165) is 16.9 Å². The number of hydrogen-bond acceptors (Lipinski definition) is 3. The van der Waals surface area contributed by atoms with E-state index in [1.54, 1.807) is 12.0 Å². The minimum absolute atomic E-state index is 0.0700. The van der Waals surface area contributed by atoms with Gasteiger partial charge in [-0.3, -0.25) is 9.59 Å². The standard InChI is InChI=1S/C20H24N2O3/c1-15(2)22(14-17-7-5-4-6-8-17)20(24)19(23)21-13-16-9-11-18(25-3)12-10-16/h4-12,15H,13-14H2,1-3H3,(H,21,23).